The highest BCUT2D eigenvalue weighted by Crippen LogP contribution is 2.26. The molecule has 1 aliphatic rings. The predicted molar refractivity (Wildman–Crippen MR) is 180 cm³/mol. The fourth-order valence-electron chi connectivity index (χ4n) is 4.75. The Morgan fingerprint density at radius 2 is 1.65 bits per heavy atom. The predicted octanol–water partition coefficient (Wildman–Crippen LogP) is 0.770. The van der Waals surface area contributed by atoms with Crippen molar-refractivity contribution in [1.29, 1.82) is 0 Å². The maximum atomic E-state index is 13.3. The number of aliphatic carboxylic acids is 1. The minimum Gasteiger partial charge on any atom is -0.475 e. The van der Waals surface area contributed by atoms with E-state index in [1.165, 1.54) is 25.1 Å². The van der Waals surface area contributed by atoms with E-state index in [4.69, 9.17) is 26.1 Å². The van der Waals surface area contributed by atoms with Crippen LogP contribution < -0.4 is 27.4 Å². The third kappa shape index (κ3) is 15.8. The molecular formula is C32H47F3N6O10S. The second kappa shape index (κ2) is 21.7. The van der Waals surface area contributed by atoms with Crippen molar-refractivity contribution in [2.45, 2.75) is 101 Å². The molecule has 4 atom stereocenters. The number of ether oxygens (including phenoxy) is 1. The fraction of sp³-hybridized carbons (Fsp3) is 0.562. The molecule has 16 nitrogen and oxygen atoms in total. The van der Waals surface area contributed by atoms with Gasteiger partial charge >= 0.3 is 18.1 Å². The number of halogens is 3. The summed E-state index contributed by atoms with van der Waals surface area (Å²) in [6.45, 7) is 5.63. The van der Waals surface area contributed by atoms with Gasteiger partial charge in [-0.25, -0.2) is 18.0 Å². The number of alkyl halides is 3. The Labute approximate surface area is 299 Å². The molecule has 52 heavy (non-hydrogen) atoms. The summed E-state index contributed by atoms with van der Waals surface area (Å²) in [5, 5.41) is 15.1. The number of carboxylic acids is 1. The summed E-state index contributed by atoms with van der Waals surface area (Å²) in [5.41, 5.74) is 11.8. The van der Waals surface area contributed by atoms with E-state index in [1.54, 1.807) is 19.1 Å². The number of sulfonamides is 1. The third-order valence-electron chi connectivity index (χ3n) is 7.49. The first-order valence-corrected chi connectivity index (χ1v) is 17.8. The average molecular weight is 765 g/mol. The molecule has 0 unspecified atom stereocenters. The molecule has 0 aliphatic carbocycles. The summed E-state index contributed by atoms with van der Waals surface area (Å²) < 4.78 is 64.3. The second-order valence-corrected chi connectivity index (χ2v) is 13.6. The van der Waals surface area contributed by atoms with Gasteiger partial charge in [0.15, 0.2) is 0 Å². The van der Waals surface area contributed by atoms with Gasteiger partial charge in [0.2, 0.25) is 33.7 Å². The molecule has 20 heteroatoms. The van der Waals surface area contributed by atoms with E-state index < -0.39 is 75.9 Å². The van der Waals surface area contributed by atoms with Crippen molar-refractivity contribution in [1.82, 2.24) is 20.3 Å². The minimum atomic E-state index is -5.08. The van der Waals surface area contributed by atoms with Crippen molar-refractivity contribution < 1.29 is 60.2 Å². The molecule has 0 bridgehead atoms. The zero-order valence-electron chi connectivity index (χ0n) is 29.1. The lowest BCUT2D eigenvalue weighted by atomic mass is 10.1. The molecule has 1 aliphatic heterocycles. The number of nitrogens with zero attached hydrogens (tertiary/aromatic N) is 1. The van der Waals surface area contributed by atoms with Crippen molar-refractivity contribution in [2.24, 2.45) is 11.5 Å². The zero-order valence-corrected chi connectivity index (χ0v) is 29.9. The summed E-state index contributed by atoms with van der Waals surface area (Å²) >= 11 is 0. The molecule has 1 fully saturated rings. The van der Waals surface area contributed by atoms with Crippen molar-refractivity contribution in [3.05, 3.63) is 42.0 Å². The van der Waals surface area contributed by atoms with Crippen LogP contribution in [0.1, 0.15) is 64.4 Å². The first kappa shape index (κ1) is 45.5. The standard InChI is InChI=1S/C30H46N6O8S.C2HF3O2/c1-4-44-27(38)17-13-22(12-16-26(32)37)34-29(40)24(8-5-6-18-31)35-28(39)21(3)33-30(41)25-9-7-19-36(25)45(42,43)23-14-10-20(2)11-15-23;3-2(4,5)1(6)7/h10-11,13-15,17,21-22,24-25H,4-9,12,16,18-19,31H2,1-3H3,(H2,32,37)(H,33,41)(H,34,40)(H,35,39);(H,6,7)/b17-13+;/t21-,22-,24-,25-;/m0./s1. The van der Waals surface area contributed by atoms with E-state index in [0.717, 1.165) is 15.9 Å². The molecule has 4 amide bonds. The molecule has 1 aromatic rings. The number of carboxylic acid groups (broad SMARTS) is 1. The molecule has 8 N–H and O–H groups in total. The SMILES string of the molecule is CCOC(=O)/C=C/[C@H](CCC(N)=O)NC(=O)[C@H](CCCCN)NC(=O)[C@H](C)NC(=O)[C@@H]1CCCN1S(=O)(=O)c1ccc(C)cc1.O=C(O)C(F)(F)F. The van der Waals surface area contributed by atoms with Crippen LogP contribution in [-0.4, -0.2) is 103 Å². The summed E-state index contributed by atoms with van der Waals surface area (Å²) in [6.07, 6.45) is -0.417. The number of rotatable bonds is 18. The van der Waals surface area contributed by atoms with Crippen LogP contribution >= 0.6 is 0 Å². The largest absolute Gasteiger partial charge is 0.490 e. The second-order valence-electron chi connectivity index (χ2n) is 11.7. The van der Waals surface area contributed by atoms with Crippen LogP contribution in [0, 0.1) is 6.92 Å². The first-order chi connectivity index (χ1) is 24.2. The van der Waals surface area contributed by atoms with Crippen LogP contribution in [0.15, 0.2) is 41.3 Å². The topological polar surface area (TPSA) is 257 Å². The molecule has 0 aromatic heterocycles. The highest BCUT2D eigenvalue weighted by molar-refractivity contribution is 7.89. The number of carbonyl (C=O) groups excluding carboxylic acids is 5. The van der Waals surface area contributed by atoms with Gasteiger partial charge in [-0.15, -0.1) is 0 Å². The molecule has 0 spiro atoms. The van der Waals surface area contributed by atoms with Crippen LogP contribution in [0.5, 0.6) is 0 Å². The maximum absolute atomic E-state index is 13.3. The van der Waals surface area contributed by atoms with E-state index in [1.807, 2.05) is 6.92 Å². The van der Waals surface area contributed by atoms with Gasteiger partial charge in [0, 0.05) is 25.1 Å². The molecule has 0 radical (unpaired) electrons. The van der Waals surface area contributed by atoms with Crippen molar-refractivity contribution in [3.63, 3.8) is 0 Å². The fourth-order valence-corrected chi connectivity index (χ4v) is 6.41. The van der Waals surface area contributed by atoms with Crippen LogP contribution in [-0.2, 0) is 43.5 Å². The summed E-state index contributed by atoms with van der Waals surface area (Å²) in [6, 6.07) is 2.48. The number of unbranched alkanes of at least 4 members (excludes halogenated alkanes) is 1. The van der Waals surface area contributed by atoms with Crippen molar-refractivity contribution in [3.8, 4) is 0 Å². The summed E-state index contributed by atoms with van der Waals surface area (Å²) in [5.74, 6) is -5.83. The van der Waals surface area contributed by atoms with Crippen LogP contribution in [0.3, 0.4) is 0 Å². The molecule has 1 heterocycles. The third-order valence-corrected chi connectivity index (χ3v) is 9.41. The van der Waals surface area contributed by atoms with E-state index in [9.17, 15) is 45.6 Å². The quantitative estimate of drug-likeness (QED) is 0.0691. The number of carbonyl (C=O) groups is 6. The zero-order chi connectivity index (χ0) is 39.6. The molecule has 2 rings (SSSR count). The Hall–Kier alpha value is -4.56. The van der Waals surface area contributed by atoms with E-state index in [-0.39, 0.29) is 37.3 Å². The monoisotopic (exact) mass is 764 g/mol. The van der Waals surface area contributed by atoms with Crippen molar-refractivity contribution in [2.75, 3.05) is 19.7 Å². The lowest BCUT2D eigenvalue weighted by Crippen LogP contribution is -2.56. The summed E-state index contributed by atoms with van der Waals surface area (Å²) in [7, 11) is -3.94. The smallest absolute Gasteiger partial charge is 0.475 e. The normalized spacial score (nSPS) is 16.5. The summed E-state index contributed by atoms with van der Waals surface area (Å²) in [4.78, 5) is 71.8. The molecular weight excluding hydrogens is 717 g/mol. The number of hydrogen-bond acceptors (Lipinski definition) is 10. The van der Waals surface area contributed by atoms with Gasteiger partial charge in [-0.3, -0.25) is 19.2 Å². The van der Waals surface area contributed by atoms with Crippen molar-refractivity contribution >= 4 is 45.6 Å². The van der Waals surface area contributed by atoms with E-state index in [2.05, 4.69) is 16.0 Å². The lowest BCUT2D eigenvalue weighted by Gasteiger charge is -2.26. The molecule has 1 saturated heterocycles. The van der Waals surface area contributed by atoms with Gasteiger partial charge in [-0.2, -0.15) is 17.5 Å². The average Bonchev–Trinajstić information content (AvgIpc) is 3.57. The Kier molecular flexibility index (Phi) is 19.0. The molecule has 1 aromatic carbocycles. The number of primary amides is 1. The number of amides is 4. The Morgan fingerprint density at radius 3 is 2.19 bits per heavy atom. The number of aryl methyl sites for hydroxylation is 1. The Balaban J connectivity index is 0.00000174. The first-order valence-electron chi connectivity index (χ1n) is 16.4. The van der Waals surface area contributed by atoms with Gasteiger partial charge in [0.1, 0.15) is 18.1 Å². The highest BCUT2D eigenvalue weighted by atomic mass is 32.2. The number of nitrogens with one attached hydrogen (secondary N) is 3. The van der Waals surface area contributed by atoms with Gasteiger partial charge in [-0.05, 0) is 78.0 Å². The number of hydrogen-bond donors (Lipinski definition) is 6. The molecule has 0 saturated carbocycles. The van der Waals surface area contributed by atoms with Gasteiger partial charge < -0.3 is 37.3 Å². The van der Waals surface area contributed by atoms with E-state index >= 15 is 0 Å². The van der Waals surface area contributed by atoms with E-state index in [0.29, 0.717) is 32.2 Å². The number of nitrogens with two attached hydrogens (primary N) is 2. The number of benzene rings is 1. The van der Waals surface area contributed by atoms with Gasteiger partial charge in [0.25, 0.3) is 0 Å². The lowest BCUT2D eigenvalue weighted by molar-refractivity contribution is -0.192. The highest BCUT2D eigenvalue weighted by Gasteiger charge is 2.40. The van der Waals surface area contributed by atoms with Crippen LogP contribution in [0.25, 0.3) is 0 Å². The maximum Gasteiger partial charge on any atom is 0.490 e. The Morgan fingerprint density at radius 1 is 1.04 bits per heavy atom. The molecule has 292 valence electrons. The number of esters is 1. The van der Waals surface area contributed by atoms with Crippen LogP contribution in [0.4, 0.5) is 13.2 Å². The minimum absolute atomic E-state index is 0.0663. The Bertz CT molecular complexity index is 1520. The van der Waals surface area contributed by atoms with Gasteiger partial charge in [-0.1, -0.05) is 23.8 Å². The van der Waals surface area contributed by atoms with Crippen LogP contribution in [0.2, 0.25) is 0 Å². The van der Waals surface area contributed by atoms with Gasteiger partial charge in [0.05, 0.1) is 11.5 Å².